The molecule has 0 bridgehead atoms. The summed E-state index contributed by atoms with van der Waals surface area (Å²) in [5.74, 6) is 0.255. The number of ether oxygens (including phenoxy) is 1. The van der Waals surface area contributed by atoms with E-state index in [9.17, 15) is 8.42 Å². The minimum Gasteiger partial charge on any atom is -0.489 e. The molecule has 0 unspecified atom stereocenters. The van der Waals surface area contributed by atoms with Gasteiger partial charge in [0.15, 0.2) is 0 Å². The van der Waals surface area contributed by atoms with Gasteiger partial charge in [-0.15, -0.1) is 0 Å². The molecule has 0 aliphatic rings. The van der Waals surface area contributed by atoms with Gasteiger partial charge in [0.05, 0.1) is 6.10 Å². The molecule has 0 saturated carbocycles. The second-order valence-corrected chi connectivity index (χ2v) is 5.66. The van der Waals surface area contributed by atoms with Gasteiger partial charge < -0.3 is 4.74 Å². The first-order valence-corrected chi connectivity index (χ1v) is 7.29. The molecule has 0 atom stereocenters. The van der Waals surface area contributed by atoms with Crippen LogP contribution in [0.4, 0.5) is 0 Å². The van der Waals surface area contributed by atoms with Gasteiger partial charge >= 0.3 is 0 Å². The molecule has 0 aliphatic carbocycles. The molecule has 96 valence electrons. The van der Waals surface area contributed by atoms with Crippen molar-refractivity contribution in [2.24, 2.45) is 5.14 Å². The van der Waals surface area contributed by atoms with Crippen molar-refractivity contribution in [1.29, 1.82) is 0 Å². The number of rotatable bonds is 5. The van der Waals surface area contributed by atoms with E-state index < -0.39 is 10.0 Å². The molecule has 0 amide bonds. The number of hydrogen-bond acceptors (Lipinski definition) is 3. The first-order valence-electron chi connectivity index (χ1n) is 5.37. The normalized spacial score (nSPS) is 11.8. The van der Waals surface area contributed by atoms with Crippen molar-refractivity contribution in [3.8, 4) is 5.75 Å². The number of nitrogens with two attached hydrogens (primary N) is 1. The molecule has 0 aliphatic heterocycles. The molecule has 17 heavy (non-hydrogen) atoms. The summed E-state index contributed by atoms with van der Waals surface area (Å²) < 4.78 is 28.4. The fourth-order valence-corrected chi connectivity index (χ4v) is 2.36. The van der Waals surface area contributed by atoms with Crippen LogP contribution in [-0.2, 0) is 10.0 Å². The monoisotopic (exact) mass is 277 g/mol. The van der Waals surface area contributed by atoms with Crippen LogP contribution in [-0.4, -0.2) is 14.5 Å². The zero-order valence-electron chi connectivity index (χ0n) is 9.81. The highest BCUT2D eigenvalue weighted by atomic mass is 35.5. The lowest BCUT2D eigenvalue weighted by atomic mass is 10.2. The smallest absolute Gasteiger partial charge is 0.241 e. The summed E-state index contributed by atoms with van der Waals surface area (Å²) >= 11 is 5.75. The number of sulfonamides is 1. The van der Waals surface area contributed by atoms with Crippen LogP contribution in [0.25, 0.3) is 0 Å². The summed E-state index contributed by atoms with van der Waals surface area (Å²) in [5, 5.41) is 5.43. The zero-order valence-corrected chi connectivity index (χ0v) is 11.4. The number of halogens is 1. The Bertz CT molecular complexity index is 483. The molecule has 0 fully saturated rings. The maximum Gasteiger partial charge on any atom is 0.241 e. The van der Waals surface area contributed by atoms with Crippen LogP contribution in [0.1, 0.15) is 26.7 Å². The summed E-state index contributed by atoms with van der Waals surface area (Å²) in [4.78, 5) is -0.0723. The third-order valence-corrected chi connectivity index (χ3v) is 3.58. The van der Waals surface area contributed by atoms with E-state index in [4.69, 9.17) is 21.5 Å². The Labute approximate surface area is 107 Å². The molecule has 1 aromatic rings. The molecular weight excluding hydrogens is 262 g/mol. The number of hydrogen-bond donors (Lipinski definition) is 1. The van der Waals surface area contributed by atoms with Crippen LogP contribution < -0.4 is 9.88 Å². The molecule has 6 heteroatoms. The largest absolute Gasteiger partial charge is 0.489 e. The maximum absolute atomic E-state index is 11.4. The van der Waals surface area contributed by atoms with Crippen molar-refractivity contribution < 1.29 is 13.2 Å². The predicted molar refractivity (Wildman–Crippen MR) is 67.8 cm³/mol. The molecule has 1 aromatic carbocycles. The van der Waals surface area contributed by atoms with E-state index in [2.05, 4.69) is 0 Å². The summed E-state index contributed by atoms with van der Waals surface area (Å²) in [6.07, 6.45) is 1.56. The van der Waals surface area contributed by atoms with Crippen LogP contribution in [0.3, 0.4) is 0 Å². The van der Waals surface area contributed by atoms with E-state index in [1.807, 2.05) is 13.8 Å². The minimum atomic E-state index is -3.83. The molecule has 1 rings (SSSR count). The standard InChI is InChI=1S/C11H16ClNO3S/c1-3-9(4-2)16-10-6-5-8(12)7-11(10)17(13,14)15/h5-7,9H,3-4H2,1-2H3,(H2,13,14,15). The van der Waals surface area contributed by atoms with Crippen molar-refractivity contribution in [3.05, 3.63) is 23.2 Å². The van der Waals surface area contributed by atoms with Crippen molar-refractivity contribution >= 4 is 21.6 Å². The molecule has 0 spiro atoms. The van der Waals surface area contributed by atoms with E-state index in [0.29, 0.717) is 5.02 Å². The average Bonchev–Trinajstić information content (AvgIpc) is 2.26. The first-order chi connectivity index (χ1) is 7.88. The summed E-state index contributed by atoms with van der Waals surface area (Å²) in [6.45, 7) is 3.95. The first kappa shape index (κ1) is 14.3. The Morgan fingerprint density at radius 2 is 1.94 bits per heavy atom. The molecular formula is C11H16ClNO3S. The lowest BCUT2D eigenvalue weighted by Gasteiger charge is -2.17. The fraction of sp³-hybridized carbons (Fsp3) is 0.455. The molecule has 2 N–H and O–H groups in total. The second kappa shape index (κ2) is 5.71. The van der Waals surface area contributed by atoms with E-state index in [1.54, 1.807) is 6.07 Å². The Kier molecular flexibility index (Phi) is 4.80. The van der Waals surface area contributed by atoms with Crippen LogP contribution in [0.15, 0.2) is 23.1 Å². The molecule has 0 radical (unpaired) electrons. The zero-order chi connectivity index (χ0) is 13.1. The lowest BCUT2D eigenvalue weighted by Crippen LogP contribution is -2.18. The maximum atomic E-state index is 11.4. The van der Waals surface area contributed by atoms with Crippen LogP contribution in [0.5, 0.6) is 5.75 Å². The minimum absolute atomic E-state index is 0.0309. The third kappa shape index (κ3) is 3.87. The van der Waals surface area contributed by atoms with E-state index in [0.717, 1.165) is 12.8 Å². The molecule has 0 saturated heterocycles. The summed E-state index contributed by atoms with van der Waals surface area (Å²) in [6, 6.07) is 4.41. The highest BCUT2D eigenvalue weighted by molar-refractivity contribution is 7.89. The Morgan fingerprint density at radius 3 is 2.41 bits per heavy atom. The SMILES string of the molecule is CCC(CC)Oc1ccc(Cl)cc1S(N)(=O)=O. The summed E-state index contributed by atoms with van der Waals surface area (Å²) in [5.41, 5.74) is 0. The van der Waals surface area contributed by atoms with Crippen molar-refractivity contribution in [1.82, 2.24) is 0 Å². The predicted octanol–water partition coefficient (Wildman–Crippen LogP) is 2.55. The highest BCUT2D eigenvalue weighted by Gasteiger charge is 2.18. The van der Waals surface area contributed by atoms with Crippen molar-refractivity contribution in [2.75, 3.05) is 0 Å². The van der Waals surface area contributed by atoms with Gasteiger partial charge in [-0.25, -0.2) is 13.6 Å². The van der Waals surface area contributed by atoms with Gasteiger partial charge in [-0.05, 0) is 31.0 Å². The fourth-order valence-electron chi connectivity index (χ4n) is 1.44. The van der Waals surface area contributed by atoms with Gasteiger partial charge in [0.1, 0.15) is 10.6 Å². The van der Waals surface area contributed by atoms with Crippen LogP contribution in [0.2, 0.25) is 5.02 Å². The van der Waals surface area contributed by atoms with Gasteiger partial charge in [-0.3, -0.25) is 0 Å². The molecule has 0 aromatic heterocycles. The third-order valence-electron chi connectivity index (χ3n) is 2.42. The molecule has 0 heterocycles. The van der Waals surface area contributed by atoms with Gasteiger partial charge in [0, 0.05) is 5.02 Å². The average molecular weight is 278 g/mol. The summed E-state index contributed by atoms with van der Waals surface area (Å²) in [7, 11) is -3.83. The van der Waals surface area contributed by atoms with E-state index in [-0.39, 0.29) is 16.7 Å². The van der Waals surface area contributed by atoms with Crippen LogP contribution in [0, 0.1) is 0 Å². The quantitative estimate of drug-likeness (QED) is 0.899. The topological polar surface area (TPSA) is 69.4 Å². The van der Waals surface area contributed by atoms with Gasteiger partial charge in [-0.1, -0.05) is 25.4 Å². The van der Waals surface area contributed by atoms with Crippen LogP contribution >= 0.6 is 11.6 Å². The van der Waals surface area contributed by atoms with E-state index in [1.165, 1.54) is 12.1 Å². The Balaban J connectivity index is 3.16. The number of primary sulfonamides is 1. The van der Waals surface area contributed by atoms with Gasteiger partial charge in [0.2, 0.25) is 10.0 Å². The highest BCUT2D eigenvalue weighted by Crippen LogP contribution is 2.27. The van der Waals surface area contributed by atoms with E-state index >= 15 is 0 Å². The second-order valence-electron chi connectivity index (χ2n) is 3.69. The van der Waals surface area contributed by atoms with Crippen molar-refractivity contribution in [2.45, 2.75) is 37.7 Å². The van der Waals surface area contributed by atoms with Gasteiger partial charge in [-0.2, -0.15) is 0 Å². The molecule has 4 nitrogen and oxygen atoms in total. The Morgan fingerprint density at radius 1 is 1.35 bits per heavy atom. The number of benzene rings is 1. The lowest BCUT2D eigenvalue weighted by molar-refractivity contribution is 0.188. The van der Waals surface area contributed by atoms with Gasteiger partial charge in [0.25, 0.3) is 0 Å². The Hall–Kier alpha value is -0.780. The van der Waals surface area contributed by atoms with Crippen molar-refractivity contribution in [3.63, 3.8) is 0 Å².